The molecule has 1 aromatic heterocycles. The largest absolute Gasteiger partial charge is 0.337 e. The van der Waals surface area contributed by atoms with E-state index in [0.29, 0.717) is 11.8 Å². The van der Waals surface area contributed by atoms with Gasteiger partial charge in [0.05, 0.1) is 6.54 Å². The number of rotatable bonds is 5. The van der Waals surface area contributed by atoms with E-state index in [4.69, 9.17) is 0 Å². The van der Waals surface area contributed by atoms with E-state index < -0.39 is 0 Å². The molecule has 100 valence electrons. The van der Waals surface area contributed by atoms with Crippen LogP contribution in [0.4, 0.5) is 0 Å². The van der Waals surface area contributed by atoms with Gasteiger partial charge in [-0.3, -0.25) is 4.79 Å². The molecule has 0 bridgehead atoms. The molecule has 2 heterocycles. The number of thioether (sulfide) groups is 1. The summed E-state index contributed by atoms with van der Waals surface area (Å²) in [6.07, 6.45) is 3.11. The molecular formula is C13H20N2OS2. The molecule has 0 aliphatic carbocycles. The van der Waals surface area contributed by atoms with Gasteiger partial charge < -0.3 is 10.2 Å². The number of carbonyl (C=O) groups is 1. The van der Waals surface area contributed by atoms with E-state index in [9.17, 15) is 4.79 Å². The van der Waals surface area contributed by atoms with E-state index in [-0.39, 0.29) is 5.91 Å². The molecule has 18 heavy (non-hydrogen) atoms. The highest BCUT2D eigenvalue weighted by Gasteiger charge is 2.20. The molecule has 1 aromatic rings. The maximum atomic E-state index is 12.1. The molecule has 1 atom stereocenters. The van der Waals surface area contributed by atoms with Gasteiger partial charge in [-0.15, -0.1) is 11.3 Å². The van der Waals surface area contributed by atoms with E-state index in [1.54, 1.807) is 0 Å². The monoisotopic (exact) mass is 284 g/mol. The van der Waals surface area contributed by atoms with Crippen molar-refractivity contribution in [2.45, 2.75) is 25.1 Å². The number of fused-ring (bicyclic) bond motifs is 1. The topological polar surface area (TPSA) is 32.3 Å². The van der Waals surface area contributed by atoms with Gasteiger partial charge in [0.15, 0.2) is 0 Å². The SMILES string of the molecule is CSC(C)CNCC(=O)N1CCc2sccc2C1. The zero-order valence-corrected chi connectivity index (χ0v) is 12.6. The summed E-state index contributed by atoms with van der Waals surface area (Å²) in [4.78, 5) is 15.5. The Morgan fingerprint density at radius 3 is 3.28 bits per heavy atom. The highest BCUT2D eigenvalue weighted by atomic mass is 32.2. The maximum Gasteiger partial charge on any atom is 0.236 e. The lowest BCUT2D eigenvalue weighted by atomic mass is 10.1. The van der Waals surface area contributed by atoms with Gasteiger partial charge in [0.1, 0.15) is 0 Å². The van der Waals surface area contributed by atoms with Crippen molar-refractivity contribution in [2.24, 2.45) is 0 Å². The van der Waals surface area contributed by atoms with Crippen molar-refractivity contribution in [3.05, 3.63) is 21.9 Å². The minimum atomic E-state index is 0.222. The standard InChI is InChI=1S/C13H20N2OS2/c1-10(17-2)7-14-8-13(16)15-5-3-12-11(9-15)4-6-18-12/h4,6,10,14H,3,5,7-9H2,1-2H3. The Bertz CT molecular complexity index is 405. The molecule has 0 fully saturated rings. The lowest BCUT2D eigenvalue weighted by molar-refractivity contribution is -0.131. The molecule has 0 radical (unpaired) electrons. The van der Waals surface area contributed by atoms with E-state index in [1.807, 2.05) is 28.0 Å². The summed E-state index contributed by atoms with van der Waals surface area (Å²) in [5, 5.41) is 5.92. The quantitative estimate of drug-likeness (QED) is 0.897. The Labute approximate surface area is 117 Å². The van der Waals surface area contributed by atoms with Crippen LogP contribution in [0.1, 0.15) is 17.4 Å². The zero-order chi connectivity index (χ0) is 13.0. The minimum Gasteiger partial charge on any atom is -0.337 e. The average molecular weight is 284 g/mol. The van der Waals surface area contributed by atoms with E-state index in [1.165, 1.54) is 10.4 Å². The first-order chi connectivity index (χ1) is 8.70. The number of thiophene rings is 1. The van der Waals surface area contributed by atoms with Crippen molar-refractivity contribution in [3.8, 4) is 0 Å². The van der Waals surface area contributed by atoms with Crippen molar-refractivity contribution in [1.29, 1.82) is 0 Å². The molecule has 5 heteroatoms. The van der Waals surface area contributed by atoms with Gasteiger partial charge in [-0.1, -0.05) is 6.92 Å². The second-order valence-corrected chi connectivity index (χ2v) is 6.89. The number of hydrogen-bond acceptors (Lipinski definition) is 4. The van der Waals surface area contributed by atoms with E-state index in [0.717, 1.165) is 26.1 Å². The molecule has 1 N–H and O–H groups in total. The van der Waals surface area contributed by atoms with Crippen molar-refractivity contribution in [1.82, 2.24) is 10.2 Å². The lowest BCUT2D eigenvalue weighted by Crippen LogP contribution is -2.41. The van der Waals surface area contributed by atoms with Gasteiger partial charge in [0, 0.05) is 29.8 Å². The van der Waals surface area contributed by atoms with Gasteiger partial charge in [-0.25, -0.2) is 0 Å². The van der Waals surface area contributed by atoms with Crippen LogP contribution in [0.5, 0.6) is 0 Å². The number of nitrogens with zero attached hydrogens (tertiary/aromatic N) is 1. The fraction of sp³-hybridized carbons (Fsp3) is 0.615. The van der Waals surface area contributed by atoms with Crippen LogP contribution in [0.2, 0.25) is 0 Å². The summed E-state index contributed by atoms with van der Waals surface area (Å²) < 4.78 is 0. The average Bonchev–Trinajstić information content (AvgIpc) is 2.85. The van der Waals surface area contributed by atoms with Crippen molar-refractivity contribution >= 4 is 29.0 Å². The number of amides is 1. The first-order valence-corrected chi connectivity index (χ1v) is 8.44. The highest BCUT2D eigenvalue weighted by Crippen LogP contribution is 2.23. The normalized spacial score (nSPS) is 16.4. The molecule has 0 aromatic carbocycles. The second kappa shape index (κ2) is 6.59. The Balaban J connectivity index is 1.77. The predicted octanol–water partition coefficient (Wildman–Crippen LogP) is 1.97. The molecule has 0 spiro atoms. The van der Waals surface area contributed by atoms with Gasteiger partial charge in [-0.2, -0.15) is 11.8 Å². The fourth-order valence-electron chi connectivity index (χ4n) is 2.04. The summed E-state index contributed by atoms with van der Waals surface area (Å²) in [6, 6.07) is 2.14. The molecule has 0 saturated carbocycles. The van der Waals surface area contributed by atoms with Gasteiger partial charge in [0.25, 0.3) is 0 Å². The third-order valence-corrected chi connectivity index (χ3v) is 5.27. The van der Waals surface area contributed by atoms with Crippen LogP contribution in [0.3, 0.4) is 0 Å². The summed E-state index contributed by atoms with van der Waals surface area (Å²) in [7, 11) is 0. The van der Waals surface area contributed by atoms with Crippen LogP contribution in [0.25, 0.3) is 0 Å². The van der Waals surface area contributed by atoms with Crippen LogP contribution in [0.15, 0.2) is 11.4 Å². The van der Waals surface area contributed by atoms with Crippen LogP contribution in [-0.4, -0.2) is 41.9 Å². The molecule has 3 nitrogen and oxygen atoms in total. The smallest absolute Gasteiger partial charge is 0.236 e. The molecule has 1 unspecified atom stereocenters. The number of nitrogens with one attached hydrogen (secondary N) is 1. The Morgan fingerprint density at radius 1 is 1.67 bits per heavy atom. The van der Waals surface area contributed by atoms with Gasteiger partial charge in [0.2, 0.25) is 5.91 Å². The Morgan fingerprint density at radius 2 is 2.50 bits per heavy atom. The van der Waals surface area contributed by atoms with Crippen LogP contribution in [-0.2, 0) is 17.8 Å². The summed E-state index contributed by atoms with van der Waals surface area (Å²) in [6.45, 7) is 5.18. The zero-order valence-electron chi connectivity index (χ0n) is 10.9. The summed E-state index contributed by atoms with van der Waals surface area (Å²) in [5.74, 6) is 0.222. The van der Waals surface area contributed by atoms with Gasteiger partial charge in [-0.05, 0) is 29.7 Å². The Kier molecular flexibility index (Phi) is 5.09. The first kappa shape index (κ1) is 13.9. The number of carbonyl (C=O) groups excluding carboxylic acids is 1. The van der Waals surface area contributed by atoms with Crippen LogP contribution in [0, 0.1) is 0 Å². The van der Waals surface area contributed by atoms with Crippen LogP contribution >= 0.6 is 23.1 Å². The highest BCUT2D eigenvalue weighted by molar-refractivity contribution is 7.99. The second-order valence-electron chi connectivity index (χ2n) is 4.61. The molecule has 0 saturated heterocycles. The van der Waals surface area contributed by atoms with Crippen LogP contribution < -0.4 is 5.32 Å². The lowest BCUT2D eigenvalue weighted by Gasteiger charge is -2.27. The third-order valence-electron chi connectivity index (χ3n) is 3.27. The molecule has 1 aliphatic heterocycles. The fourth-order valence-corrected chi connectivity index (χ4v) is 3.21. The minimum absolute atomic E-state index is 0.222. The van der Waals surface area contributed by atoms with Crippen molar-refractivity contribution in [2.75, 3.05) is 25.9 Å². The molecule has 1 aliphatic rings. The number of hydrogen-bond donors (Lipinski definition) is 1. The predicted molar refractivity (Wildman–Crippen MR) is 79.3 cm³/mol. The van der Waals surface area contributed by atoms with Crippen molar-refractivity contribution < 1.29 is 4.79 Å². The molecule has 2 rings (SSSR count). The Hall–Kier alpha value is -0.520. The summed E-state index contributed by atoms with van der Waals surface area (Å²) >= 11 is 3.63. The van der Waals surface area contributed by atoms with E-state index >= 15 is 0 Å². The first-order valence-electron chi connectivity index (χ1n) is 6.27. The molecular weight excluding hydrogens is 264 g/mol. The summed E-state index contributed by atoms with van der Waals surface area (Å²) in [5.41, 5.74) is 1.33. The van der Waals surface area contributed by atoms with E-state index in [2.05, 4.69) is 29.9 Å². The molecule has 1 amide bonds. The maximum absolute atomic E-state index is 12.1. The third kappa shape index (κ3) is 3.49. The van der Waals surface area contributed by atoms with Crippen molar-refractivity contribution in [3.63, 3.8) is 0 Å². The van der Waals surface area contributed by atoms with Gasteiger partial charge >= 0.3 is 0 Å².